The molecule has 7 nitrogen and oxygen atoms in total. The number of alkyl carbamates (subject to hydrolysis) is 1. The van der Waals surface area contributed by atoms with Crippen LogP contribution in [-0.4, -0.2) is 54.2 Å². The Hall–Kier alpha value is -3.35. The molecule has 0 saturated carbocycles. The minimum atomic E-state index is -0.872. The van der Waals surface area contributed by atoms with Gasteiger partial charge in [0.2, 0.25) is 5.91 Å². The van der Waals surface area contributed by atoms with Gasteiger partial charge < -0.3 is 20.1 Å². The molecular formula is C26H30N2O5. The smallest absolute Gasteiger partial charge is 0.407 e. The van der Waals surface area contributed by atoms with Crippen LogP contribution in [0.5, 0.6) is 0 Å². The van der Waals surface area contributed by atoms with Gasteiger partial charge in [-0.2, -0.15) is 0 Å². The number of benzene rings is 2. The van der Waals surface area contributed by atoms with Gasteiger partial charge in [0.15, 0.2) is 0 Å². The molecule has 4 rings (SSSR count). The van der Waals surface area contributed by atoms with Crippen molar-refractivity contribution in [2.45, 2.75) is 33.1 Å². The summed E-state index contributed by atoms with van der Waals surface area (Å²) >= 11 is 0. The van der Waals surface area contributed by atoms with Crippen molar-refractivity contribution in [3.05, 3.63) is 59.7 Å². The Balaban J connectivity index is 1.32. The maximum absolute atomic E-state index is 12.9. The number of nitrogens with one attached hydrogen (secondary N) is 1. The second-order valence-electron chi connectivity index (χ2n) is 9.66. The molecule has 0 spiro atoms. The van der Waals surface area contributed by atoms with Crippen molar-refractivity contribution in [3.8, 4) is 11.1 Å². The molecule has 2 aromatic rings. The molecule has 1 aliphatic carbocycles. The highest BCUT2D eigenvalue weighted by molar-refractivity contribution is 5.87. The van der Waals surface area contributed by atoms with Gasteiger partial charge in [-0.3, -0.25) is 9.59 Å². The average Bonchev–Trinajstić information content (AvgIpc) is 3.09. The number of carbonyl (C=O) groups excluding carboxylic acids is 2. The largest absolute Gasteiger partial charge is 0.481 e. The lowest BCUT2D eigenvalue weighted by atomic mass is 9.75. The van der Waals surface area contributed by atoms with Crippen LogP contribution in [0.4, 0.5) is 4.79 Å². The number of hydrogen-bond acceptors (Lipinski definition) is 4. The van der Waals surface area contributed by atoms with E-state index in [1.807, 2.05) is 31.2 Å². The maximum Gasteiger partial charge on any atom is 0.407 e. The fraction of sp³-hybridized carbons (Fsp3) is 0.423. The van der Waals surface area contributed by atoms with E-state index in [1.165, 1.54) is 0 Å². The third-order valence-electron chi connectivity index (χ3n) is 7.00. The predicted octanol–water partition coefficient (Wildman–Crippen LogP) is 3.87. The number of rotatable bonds is 7. The van der Waals surface area contributed by atoms with Gasteiger partial charge in [-0.05, 0) is 42.5 Å². The Morgan fingerprint density at radius 2 is 1.61 bits per heavy atom. The van der Waals surface area contributed by atoms with Crippen LogP contribution in [0, 0.1) is 10.8 Å². The zero-order chi connectivity index (χ0) is 23.8. The third kappa shape index (κ3) is 4.08. The van der Waals surface area contributed by atoms with Gasteiger partial charge in [-0.1, -0.05) is 55.5 Å². The van der Waals surface area contributed by atoms with Crippen molar-refractivity contribution in [1.29, 1.82) is 0 Å². The summed E-state index contributed by atoms with van der Waals surface area (Å²) in [7, 11) is 0. The Kier molecular flexibility index (Phi) is 5.91. The Morgan fingerprint density at radius 1 is 1.06 bits per heavy atom. The predicted molar refractivity (Wildman–Crippen MR) is 124 cm³/mol. The highest BCUT2D eigenvalue weighted by Gasteiger charge is 2.52. The summed E-state index contributed by atoms with van der Waals surface area (Å²) in [5.74, 6) is -1.08. The molecule has 2 aromatic carbocycles. The lowest BCUT2D eigenvalue weighted by Crippen LogP contribution is -2.64. The molecule has 2 aliphatic rings. The van der Waals surface area contributed by atoms with Gasteiger partial charge in [0.25, 0.3) is 0 Å². The second kappa shape index (κ2) is 8.54. The molecule has 1 heterocycles. The molecule has 0 bridgehead atoms. The van der Waals surface area contributed by atoms with E-state index in [0.29, 0.717) is 6.42 Å². The van der Waals surface area contributed by atoms with Crippen LogP contribution in [0.15, 0.2) is 48.5 Å². The van der Waals surface area contributed by atoms with E-state index in [2.05, 4.69) is 29.6 Å². The van der Waals surface area contributed by atoms with Gasteiger partial charge in [0.05, 0.1) is 5.41 Å². The topological polar surface area (TPSA) is 95.9 Å². The molecule has 7 heteroatoms. The van der Waals surface area contributed by atoms with Crippen molar-refractivity contribution >= 4 is 18.0 Å². The average molecular weight is 451 g/mol. The first-order chi connectivity index (χ1) is 15.7. The van der Waals surface area contributed by atoms with E-state index in [4.69, 9.17) is 4.74 Å². The van der Waals surface area contributed by atoms with E-state index >= 15 is 0 Å². The van der Waals surface area contributed by atoms with Gasteiger partial charge >= 0.3 is 12.1 Å². The number of likely N-dealkylation sites (tertiary alicyclic amines) is 1. The normalized spacial score (nSPS) is 16.4. The van der Waals surface area contributed by atoms with Gasteiger partial charge in [0.1, 0.15) is 12.0 Å². The molecule has 0 atom stereocenters. The van der Waals surface area contributed by atoms with Crippen LogP contribution in [-0.2, 0) is 14.3 Å². The monoisotopic (exact) mass is 450 g/mol. The van der Waals surface area contributed by atoms with Crippen molar-refractivity contribution in [2.75, 3.05) is 26.2 Å². The molecule has 33 heavy (non-hydrogen) atoms. The van der Waals surface area contributed by atoms with Crippen LogP contribution in [0.25, 0.3) is 11.1 Å². The molecule has 174 valence electrons. The quantitative estimate of drug-likeness (QED) is 0.668. The summed E-state index contributed by atoms with van der Waals surface area (Å²) in [4.78, 5) is 38.4. The summed E-state index contributed by atoms with van der Waals surface area (Å²) in [6, 6.07) is 16.3. The van der Waals surface area contributed by atoms with E-state index in [9.17, 15) is 19.5 Å². The van der Waals surface area contributed by atoms with E-state index in [1.54, 1.807) is 18.7 Å². The van der Waals surface area contributed by atoms with Crippen LogP contribution < -0.4 is 5.32 Å². The molecular weight excluding hydrogens is 420 g/mol. The minimum Gasteiger partial charge on any atom is -0.481 e. The summed E-state index contributed by atoms with van der Waals surface area (Å²) in [5, 5.41) is 12.1. The fourth-order valence-corrected chi connectivity index (χ4v) is 4.78. The Morgan fingerprint density at radius 3 is 2.12 bits per heavy atom. The standard InChI is InChI=1S/C26H30N2O5/c1-4-26(23(30)31)15-28(16-26)22(29)25(2,3)14-27-24(32)33-13-21-19-11-7-5-9-17(19)18-10-6-8-12-20(18)21/h5-12,21H,4,13-16H2,1-3H3,(H,27,32)(H,30,31). The summed E-state index contributed by atoms with van der Waals surface area (Å²) in [6.45, 7) is 6.01. The molecule has 2 amide bonds. The van der Waals surface area contributed by atoms with Gasteiger partial charge in [-0.15, -0.1) is 0 Å². The van der Waals surface area contributed by atoms with E-state index in [-0.39, 0.29) is 38.1 Å². The number of carbonyl (C=O) groups is 3. The molecule has 0 unspecified atom stereocenters. The summed E-state index contributed by atoms with van der Waals surface area (Å²) in [6.07, 6.45) is -0.0975. The zero-order valence-corrected chi connectivity index (χ0v) is 19.3. The van der Waals surface area contributed by atoms with Crippen molar-refractivity contribution < 1.29 is 24.2 Å². The lowest BCUT2D eigenvalue weighted by Gasteiger charge is -2.49. The van der Waals surface area contributed by atoms with Crippen molar-refractivity contribution in [3.63, 3.8) is 0 Å². The number of hydrogen-bond donors (Lipinski definition) is 2. The number of fused-ring (bicyclic) bond motifs is 3. The number of aliphatic carboxylic acids is 1. The molecule has 1 fully saturated rings. The molecule has 0 aromatic heterocycles. The van der Waals surface area contributed by atoms with Crippen LogP contribution in [0.2, 0.25) is 0 Å². The number of ether oxygens (including phenoxy) is 1. The van der Waals surface area contributed by atoms with E-state index < -0.39 is 22.9 Å². The van der Waals surface area contributed by atoms with E-state index in [0.717, 1.165) is 22.3 Å². The lowest BCUT2D eigenvalue weighted by molar-refractivity contribution is -0.170. The van der Waals surface area contributed by atoms with Crippen molar-refractivity contribution in [2.24, 2.45) is 10.8 Å². The van der Waals surface area contributed by atoms with Gasteiger partial charge in [-0.25, -0.2) is 4.79 Å². The van der Waals surface area contributed by atoms with Crippen molar-refractivity contribution in [1.82, 2.24) is 10.2 Å². The third-order valence-corrected chi connectivity index (χ3v) is 7.00. The molecule has 0 radical (unpaired) electrons. The summed E-state index contributed by atoms with van der Waals surface area (Å²) < 4.78 is 5.54. The SMILES string of the molecule is CCC1(C(=O)O)CN(C(=O)C(C)(C)CNC(=O)OCC2c3ccccc3-c3ccccc32)C1. The molecule has 1 aliphatic heterocycles. The summed E-state index contributed by atoms with van der Waals surface area (Å²) in [5.41, 5.74) is 2.87. The number of nitrogens with zero attached hydrogens (tertiary/aromatic N) is 1. The first kappa shape index (κ1) is 22.8. The number of carboxylic acid groups (broad SMARTS) is 1. The highest BCUT2D eigenvalue weighted by atomic mass is 16.5. The first-order valence-electron chi connectivity index (χ1n) is 11.3. The number of carboxylic acids is 1. The second-order valence-corrected chi connectivity index (χ2v) is 9.66. The van der Waals surface area contributed by atoms with Gasteiger partial charge in [0, 0.05) is 25.6 Å². The number of amides is 2. The zero-order valence-electron chi connectivity index (χ0n) is 19.3. The molecule has 2 N–H and O–H groups in total. The Bertz CT molecular complexity index is 1040. The fourth-order valence-electron chi connectivity index (χ4n) is 4.78. The van der Waals surface area contributed by atoms with Crippen LogP contribution >= 0.6 is 0 Å². The molecule has 1 saturated heterocycles. The maximum atomic E-state index is 12.9. The minimum absolute atomic E-state index is 0.0305. The first-order valence-corrected chi connectivity index (χ1v) is 11.3. The Labute approximate surface area is 193 Å². The van der Waals surface area contributed by atoms with Crippen LogP contribution in [0.1, 0.15) is 44.2 Å². The van der Waals surface area contributed by atoms with Crippen LogP contribution in [0.3, 0.4) is 0 Å². The highest BCUT2D eigenvalue weighted by Crippen LogP contribution is 2.44.